The van der Waals surface area contributed by atoms with E-state index in [0.29, 0.717) is 28.2 Å². The number of rotatable bonds is 13. The molecular formula is C25H29N5O4. The van der Waals surface area contributed by atoms with Crippen molar-refractivity contribution in [3.8, 4) is 22.4 Å². The fourth-order valence-electron chi connectivity index (χ4n) is 3.76. The summed E-state index contributed by atoms with van der Waals surface area (Å²) < 4.78 is 0. The zero-order chi connectivity index (χ0) is 24.3. The standard InChI is InChI=1S/C25H29N5O4/c1-2-3-4-5-6-7-8-15-26-24-18-23(19-11-9-13-21(16-19)29(31)32)25(28-27-24)20-12-10-14-22(17-20)30(33)34/h9-14,16-18H,2-8,15H2,1H3,(H,26,27). The second kappa shape index (κ2) is 12.4. The minimum Gasteiger partial charge on any atom is -0.369 e. The molecule has 34 heavy (non-hydrogen) atoms. The Hall–Kier alpha value is -3.88. The maximum absolute atomic E-state index is 11.3. The molecule has 1 heterocycles. The van der Waals surface area contributed by atoms with Crippen molar-refractivity contribution in [2.45, 2.75) is 51.9 Å². The Kier molecular flexibility index (Phi) is 9.02. The first-order valence-corrected chi connectivity index (χ1v) is 11.6. The van der Waals surface area contributed by atoms with Crippen LogP contribution in [0.4, 0.5) is 17.2 Å². The largest absolute Gasteiger partial charge is 0.369 e. The molecule has 0 unspecified atom stereocenters. The lowest BCUT2D eigenvalue weighted by Gasteiger charge is -2.12. The molecule has 0 aliphatic rings. The monoisotopic (exact) mass is 463 g/mol. The Bertz CT molecular complexity index is 1140. The predicted octanol–water partition coefficient (Wildman–Crippen LogP) is 6.79. The number of benzene rings is 2. The molecule has 3 aromatic rings. The molecule has 0 bridgehead atoms. The molecule has 0 fully saturated rings. The van der Waals surface area contributed by atoms with Gasteiger partial charge in [0, 0.05) is 41.9 Å². The third-order valence-corrected chi connectivity index (χ3v) is 5.58. The van der Waals surface area contributed by atoms with Crippen molar-refractivity contribution in [3.05, 3.63) is 74.8 Å². The Morgan fingerprint density at radius 1 is 0.765 bits per heavy atom. The average Bonchev–Trinajstić information content (AvgIpc) is 2.85. The van der Waals surface area contributed by atoms with E-state index >= 15 is 0 Å². The Morgan fingerprint density at radius 2 is 1.35 bits per heavy atom. The van der Waals surface area contributed by atoms with E-state index in [2.05, 4.69) is 22.4 Å². The summed E-state index contributed by atoms with van der Waals surface area (Å²) in [7, 11) is 0. The summed E-state index contributed by atoms with van der Waals surface area (Å²) in [5, 5.41) is 34.4. The molecule has 1 aromatic heterocycles. The number of nitrogens with zero attached hydrogens (tertiary/aromatic N) is 4. The first-order chi connectivity index (χ1) is 16.5. The maximum Gasteiger partial charge on any atom is 0.270 e. The molecule has 9 heteroatoms. The van der Waals surface area contributed by atoms with Crippen molar-refractivity contribution >= 4 is 17.2 Å². The van der Waals surface area contributed by atoms with Crippen LogP contribution in [0.5, 0.6) is 0 Å². The van der Waals surface area contributed by atoms with Gasteiger partial charge in [-0.05, 0) is 18.1 Å². The van der Waals surface area contributed by atoms with E-state index in [-0.39, 0.29) is 11.4 Å². The van der Waals surface area contributed by atoms with E-state index in [1.807, 2.05) is 0 Å². The molecule has 178 valence electrons. The lowest BCUT2D eigenvalue weighted by Crippen LogP contribution is -2.05. The highest BCUT2D eigenvalue weighted by molar-refractivity contribution is 5.83. The van der Waals surface area contributed by atoms with Crippen LogP contribution in [0, 0.1) is 20.2 Å². The average molecular weight is 464 g/mol. The maximum atomic E-state index is 11.3. The molecule has 9 nitrogen and oxygen atoms in total. The van der Waals surface area contributed by atoms with E-state index in [0.717, 1.165) is 19.4 Å². The first-order valence-electron chi connectivity index (χ1n) is 11.6. The van der Waals surface area contributed by atoms with Crippen LogP contribution in [0.1, 0.15) is 51.9 Å². The van der Waals surface area contributed by atoms with E-state index in [1.165, 1.54) is 56.4 Å². The van der Waals surface area contributed by atoms with Crippen molar-refractivity contribution in [1.82, 2.24) is 10.2 Å². The van der Waals surface area contributed by atoms with Gasteiger partial charge in [-0.25, -0.2) is 0 Å². The number of anilines is 1. The summed E-state index contributed by atoms with van der Waals surface area (Å²) in [5.74, 6) is 0.557. The summed E-state index contributed by atoms with van der Waals surface area (Å²) in [6.07, 6.45) is 8.40. The number of nitro benzene ring substituents is 2. The first kappa shape index (κ1) is 24.8. The van der Waals surface area contributed by atoms with Gasteiger partial charge in [-0.2, -0.15) is 0 Å². The molecule has 0 atom stereocenters. The van der Waals surface area contributed by atoms with Gasteiger partial charge in [-0.15, -0.1) is 10.2 Å². The van der Waals surface area contributed by atoms with Crippen LogP contribution in [0.15, 0.2) is 54.6 Å². The highest BCUT2D eigenvalue weighted by Crippen LogP contribution is 2.34. The highest BCUT2D eigenvalue weighted by Gasteiger charge is 2.17. The van der Waals surface area contributed by atoms with Gasteiger partial charge in [0.1, 0.15) is 11.5 Å². The Labute approximate surface area is 198 Å². The molecule has 0 saturated heterocycles. The predicted molar refractivity (Wildman–Crippen MR) is 133 cm³/mol. The zero-order valence-electron chi connectivity index (χ0n) is 19.3. The van der Waals surface area contributed by atoms with Crippen LogP contribution < -0.4 is 5.32 Å². The third kappa shape index (κ3) is 6.81. The zero-order valence-corrected chi connectivity index (χ0v) is 19.3. The number of nitrogens with one attached hydrogen (secondary N) is 1. The molecule has 0 aliphatic heterocycles. The van der Waals surface area contributed by atoms with Crippen molar-refractivity contribution < 1.29 is 9.85 Å². The van der Waals surface area contributed by atoms with Gasteiger partial charge in [0.2, 0.25) is 0 Å². The van der Waals surface area contributed by atoms with E-state index in [1.54, 1.807) is 30.3 Å². The van der Waals surface area contributed by atoms with E-state index < -0.39 is 9.85 Å². The fraction of sp³-hybridized carbons (Fsp3) is 0.360. The van der Waals surface area contributed by atoms with E-state index in [4.69, 9.17) is 0 Å². The van der Waals surface area contributed by atoms with E-state index in [9.17, 15) is 20.2 Å². The summed E-state index contributed by atoms with van der Waals surface area (Å²) in [6.45, 7) is 2.95. The normalized spacial score (nSPS) is 10.7. The number of aromatic nitrogens is 2. The Morgan fingerprint density at radius 3 is 2.00 bits per heavy atom. The molecule has 1 N–H and O–H groups in total. The minimum absolute atomic E-state index is 0.0445. The molecule has 0 amide bonds. The van der Waals surface area contributed by atoms with Gasteiger partial charge in [-0.3, -0.25) is 20.2 Å². The molecule has 0 aliphatic carbocycles. The smallest absolute Gasteiger partial charge is 0.270 e. The van der Waals surface area contributed by atoms with Gasteiger partial charge in [0.25, 0.3) is 11.4 Å². The lowest BCUT2D eigenvalue weighted by atomic mass is 9.99. The van der Waals surface area contributed by atoms with Gasteiger partial charge in [-0.1, -0.05) is 69.7 Å². The van der Waals surface area contributed by atoms with Crippen molar-refractivity contribution in [3.63, 3.8) is 0 Å². The SMILES string of the molecule is CCCCCCCCCNc1cc(-c2cccc([N+](=O)[O-])c2)c(-c2cccc([N+](=O)[O-])c2)nn1. The van der Waals surface area contributed by atoms with Crippen LogP contribution in [-0.4, -0.2) is 26.6 Å². The molecule has 2 aromatic carbocycles. The minimum atomic E-state index is -0.470. The summed E-state index contributed by atoms with van der Waals surface area (Å²) in [5.41, 5.74) is 2.03. The molecule has 0 spiro atoms. The highest BCUT2D eigenvalue weighted by atomic mass is 16.6. The van der Waals surface area contributed by atoms with Crippen molar-refractivity contribution in [2.24, 2.45) is 0 Å². The fourth-order valence-corrected chi connectivity index (χ4v) is 3.76. The van der Waals surface area contributed by atoms with Crippen LogP contribution >= 0.6 is 0 Å². The van der Waals surface area contributed by atoms with Crippen LogP contribution in [-0.2, 0) is 0 Å². The van der Waals surface area contributed by atoms with Crippen LogP contribution in [0.3, 0.4) is 0 Å². The second-order valence-corrected chi connectivity index (χ2v) is 8.15. The summed E-state index contributed by atoms with van der Waals surface area (Å²) in [6, 6.07) is 14.2. The Balaban J connectivity index is 1.84. The number of hydrogen-bond donors (Lipinski definition) is 1. The number of unbranched alkanes of at least 4 members (excludes halogenated alkanes) is 6. The van der Waals surface area contributed by atoms with Crippen molar-refractivity contribution in [2.75, 3.05) is 11.9 Å². The van der Waals surface area contributed by atoms with Gasteiger partial charge in [0.05, 0.1) is 9.85 Å². The molecule has 0 saturated carbocycles. The van der Waals surface area contributed by atoms with Crippen LogP contribution in [0.25, 0.3) is 22.4 Å². The van der Waals surface area contributed by atoms with Gasteiger partial charge in [0.15, 0.2) is 0 Å². The lowest BCUT2D eigenvalue weighted by molar-refractivity contribution is -0.385. The molecule has 3 rings (SSSR count). The van der Waals surface area contributed by atoms with Gasteiger partial charge < -0.3 is 5.32 Å². The number of nitro groups is 2. The van der Waals surface area contributed by atoms with Gasteiger partial charge >= 0.3 is 0 Å². The van der Waals surface area contributed by atoms with Crippen LogP contribution in [0.2, 0.25) is 0 Å². The summed E-state index contributed by atoms with van der Waals surface area (Å²) >= 11 is 0. The topological polar surface area (TPSA) is 124 Å². The second-order valence-electron chi connectivity index (χ2n) is 8.15. The third-order valence-electron chi connectivity index (χ3n) is 5.58. The number of non-ortho nitro benzene ring substituents is 2. The summed E-state index contributed by atoms with van der Waals surface area (Å²) in [4.78, 5) is 21.6. The quantitative estimate of drug-likeness (QED) is 0.168. The number of hydrogen-bond acceptors (Lipinski definition) is 7. The molecule has 0 radical (unpaired) electrons. The van der Waals surface area contributed by atoms with Crippen molar-refractivity contribution in [1.29, 1.82) is 0 Å². The molecular weight excluding hydrogens is 434 g/mol.